The third-order valence-electron chi connectivity index (χ3n) is 2.46. The molecule has 6 heteroatoms. The van der Waals surface area contributed by atoms with Crippen molar-refractivity contribution in [1.29, 1.82) is 0 Å². The Hall–Kier alpha value is -1.01. The molecule has 0 bridgehead atoms. The molecular formula is C10H15N3O2S. The highest BCUT2D eigenvalue weighted by Crippen LogP contribution is 2.19. The predicted molar refractivity (Wildman–Crippen MR) is 61.5 cm³/mol. The molecule has 0 aromatic carbocycles. The standard InChI is InChI=1S/C10H15N3O2S/c1-2-3-8-12-13-10(16-8)11-9(14)7-4-5-15-6-7/h7H,2-6H2,1H3,(H,11,13,14). The summed E-state index contributed by atoms with van der Waals surface area (Å²) in [4.78, 5) is 11.7. The molecule has 1 unspecified atom stereocenters. The fraction of sp³-hybridized carbons (Fsp3) is 0.700. The first-order valence-electron chi connectivity index (χ1n) is 5.50. The minimum absolute atomic E-state index is 0.00306. The van der Waals surface area contributed by atoms with E-state index in [0.29, 0.717) is 18.3 Å². The zero-order chi connectivity index (χ0) is 11.4. The maximum absolute atomic E-state index is 11.7. The Morgan fingerprint density at radius 1 is 1.62 bits per heavy atom. The number of carbonyl (C=O) groups excluding carboxylic acids is 1. The first-order valence-corrected chi connectivity index (χ1v) is 6.32. The molecule has 1 N–H and O–H groups in total. The van der Waals surface area contributed by atoms with Gasteiger partial charge in [-0.25, -0.2) is 0 Å². The molecule has 1 atom stereocenters. The van der Waals surface area contributed by atoms with Crippen LogP contribution in [0.2, 0.25) is 0 Å². The van der Waals surface area contributed by atoms with Crippen molar-refractivity contribution >= 4 is 22.4 Å². The summed E-state index contributed by atoms with van der Waals surface area (Å²) in [5, 5.41) is 12.3. The minimum Gasteiger partial charge on any atom is -0.381 e. The van der Waals surface area contributed by atoms with Crippen molar-refractivity contribution in [2.75, 3.05) is 18.5 Å². The SMILES string of the molecule is CCCc1nnc(NC(=O)C2CCOC2)s1. The van der Waals surface area contributed by atoms with Crippen LogP contribution in [-0.2, 0) is 16.0 Å². The highest BCUT2D eigenvalue weighted by molar-refractivity contribution is 7.15. The lowest BCUT2D eigenvalue weighted by Crippen LogP contribution is -2.22. The van der Waals surface area contributed by atoms with Gasteiger partial charge in [0.25, 0.3) is 0 Å². The number of anilines is 1. The van der Waals surface area contributed by atoms with Gasteiger partial charge in [0.2, 0.25) is 11.0 Å². The third-order valence-corrected chi connectivity index (χ3v) is 3.36. The first-order chi connectivity index (χ1) is 7.79. The molecule has 1 fully saturated rings. The second kappa shape index (κ2) is 5.36. The summed E-state index contributed by atoms with van der Waals surface area (Å²) in [7, 11) is 0. The van der Waals surface area contributed by atoms with Crippen LogP contribution in [0, 0.1) is 5.92 Å². The summed E-state index contributed by atoms with van der Waals surface area (Å²) in [6.45, 7) is 3.29. The van der Waals surface area contributed by atoms with Crippen LogP contribution in [0.15, 0.2) is 0 Å². The summed E-state index contributed by atoms with van der Waals surface area (Å²) >= 11 is 1.45. The fourth-order valence-electron chi connectivity index (χ4n) is 1.57. The summed E-state index contributed by atoms with van der Waals surface area (Å²) in [6, 6.07) is 0. The van der Waals surface area contributed by atoms with Crippen molar-refractivity contribution in [3.63, 3.8) is 0 Å². The number of rotatable bonds is 4. The summed E-state index contributed by atoms with van der Waals surface area (Å²) in [6.07, 6.45) is 2.76. The van der Waals surface area contributed by atoms with E-state index in [1.165, 1.54) is 11.3 Å². The Morgan fingerprint density at radius 3 is 3.19 bits per heavy atom. The molecule has 0 radical (unpaired) electrons. The smallest absolute Gasteiger partial charge is 0.231 e. The minimum atomic E-state index is -0.0291. The molecule has 2 heterocycles. The Kier molecular flexibility index (Phi) is 3.84. The monoisotopic (exact) mass is 241 g/mol. The van der Waals surface area contributed by atoms with Crippen LogP contribution in [0.4, 0.5) is 5.13 Å². The summed E-state index contributed by atoms with van der Waals surface area (Å²) < 4.78 is 5.17. The molecule has 2 rings (SSSR count). The number of nitrogens with zero attached hydrogens (tertiary/aromatic N) is 2. The van der Waals surface area contributed by atoms with Crippen molar-refractivity contribution in [2.45, 2.75) is 26.2 Å². The van der Waals surface area contributed by atoms with Gasteiger partial charge in [0.1, 0.15) is 5.01 Å². The molecule has 0 aliphatic carbocycles. The van der Waals surface area contributed by atoms with E-state index in [-0.39, 0.29) is 11.8 Å². The lowest BCUT2D eigenvalue weighted by atomic mass is 10.1. The maximum Gasteiger partial charge on any atom is 0.231 e. The van der Waals surface area contributed by atoms with Crippen LogP contribution in [0.3, 0.4) is 0 Å². The Labute approximate surface area is 98.2 Å². The van der Waals surface area contributed by atoms with Gasteiger partial charge in [-0.05, 0) is 12.8 Å². The van der Waals surface area contributed by atoms with E-state index in [1.54, 1.807) is 0 Å². The second-order valence-electron chi connectivity index (χ2n) is 3.80. The van der Waals surface area contributed by atoms with Crippen LogP contribution < -0.4 is 5.32 Å². The van der Waals surface area contributed by atoms with Gasteiger partial charge in [-0.3, -0.25) is 4.79 Å². The van der Waals surface area contributed by atoms with Crippen LogP contribution in [0.5, 0.6) is 0 Å². The zero-order valence-corrected chi connectivity index (χ0v) is 10.0. The number of aryl methyl sites for hydroxylation is 1. The van der Waals surface area contributed by atoms with Gasteiger partial charge in [0.05, 0.1) is 12.5 Å². The molecule has 88 valence electrons. The van der Waals surface area contributed by atoms with Crippen LogP contribution >= 0.6 is 11.3 Å². The van der Waals surface area contributed by atoms with E-state index < -0.39 is 0 Å². The highest BCUT2D eigenvalue weighted by atomic mass is 32.1. The quantitative estimate of drug-likeness (QED) is 0.867. The fourth-order valence-corrected chi connectivity index (χ4v) is 2.41. The highest BCUT2D eigenvalue weighted by Gasteiger charge is 2.24. The van der Waals surface area contributed by atoms with Gasteiger partial charge in [-0.15, -0.1) is 10.2 Å². The molecule has 5 nitrogen and oxygen atoms in total. The Morgan fingerprint density at radius 2 is 2.50 bits per heavy atom. The molecule has 1 aliphatic heterocycles. The summed E-state index contributed by atoms with van der Waals surface area (Å²) in [5.74, 6) is -0.0322. The number of aromatic nitrogens is 2. The number of hydrogen-bond acceptors (Lipinski definition) is 5. The van der Waals surface area contributed by atoms with Gasteiger partial charge in [0.15, 0.2) is 0 Å². The average molecular weight is 241 g/mol. The first kappa shape index (κ1) is 11.5. The number of amides is 1. The lowest BCUT2D eigenvalue weighted by molar-refractivity contribution is -0.119. The number of carbonyl (C=O) groups is 1. The average Bonchev–Trinajstić information content (AvgIpc) is 2.89. The normalized spacial score (nSPS) is 19.9. The lowest BCUT2D eigenvalue weighted by Gasteiger charge is -2.05. The molecule has 1 aromatic heterocycles. The molecule has 0 spiro atoms. The van der Waals surface area contributed by atoms with E-state index in [2.05, 4.69) is 22.4 Å². The molecule has 0 saturated carbocycles. The Balaban J connectivity index is 1.89. The number of ether oxygens (including phenoxy) is 1. The van der Waals surface area contributed by atoms with E-state index >= 15 is 0 Å². The molecular weight excluding hydrogens is 226 g/mol. The zero-order valence-electron chi connectivity index (χ0n) is 9.23. The van der Waals surface area contributed by atoms with Crippen molar-refractivity contribution in [3.05, 3.63) is 5.01 Å². The van der Waals surface area contributed by atoms with Gasteiger partial charge in [-0.2, -0.15) is 0 Å². The van der Waals surface area contributed by atoms with E-state index in [0.717, 1.165) is 24.3 Å². The van der Waals surface area contributed by atoms with E-state index in [1.807, 2.05) is 0 Å². The van der Waals surface area contributed by atoms with Crippen LogP contribution in [-0.4, -0.2) is 29.3 Å². The maximum atomic E-state index is 11.7. The third kappa shape index (κ3) is 2.76. The molecule has 1 amide bonds. The van der Waals surface area contributed by atoms with E-state index in [4.69, 9.17) is 4.74 Å². The van der Waals surface area contributed by atoms with Crippen molar-refractivity contribution < 1.29 is 9.53 Å². The van der Waals surface area contributed by atoms with Crippen molar-refractivity contribution in [1.82, 2.24) is 10.2 Å². The number of hydrogen-bond donors (Lipinski definition) is 1. The van der Waals surface area contributed by atoms with E-state index in [9.17, 15) is 4.79 Å². The Bertz CT molecular complexity index is 361. The number of nitrogens with one attached hydrogen (secondary N) is 1. The molecule has 1 aromatic rings. The van der Waals surface area contributed by atoms with Crippen molar-refractivity contribution in [2.24, 2.45) is 5.92 Å². The topological polar surface area (TPSA) is 64.1 Å². The van der Waals surface area contributed by atoms with Crippen molar-refractivity contribution in [3.8, 4) is 0 Å². The predicted octanol–water partition coefficient (Wildman–Crippen LogP) is 1.47. The molecule has 16 heavy (non-hydrogen) atoms. The van der Waals surface area contributed by atoms with Crippen LogP contribution in [0.25, 0.3) is 0 Å². The summed E-state index contributed by atoms with van der Waals surface area (Å²) in [5.41, 5.74) is 0. The van der Waals surface area contributed by atoms with Gasteiger partial charge in [-0.1, -0.05) is 18.3 Å². The molecule has 1 saturated heterocycles. The van der Waals surface area contributed by atoms with Gasteiger partial charge in [0, 0.05) is 13.0 Å². The second-order valence-corrected chi connectivity index (χ2v) is 4.86. The van der Waals surface area contributed by atoms with Crippen LogP contribution in [0.1, 0.15) is 24.8 Å². The molecule has 1 aliphatic rings. The largest absolute Gasteiger partial charge is 0.381 e. The van der Waals surface area contributed by atoms with Gasteiger partial charge >= 0.3 is 0 Å². The van der Waals surface area contributed by atoms with Gasteiger partial charge < -0.3 is 10.1 Å².